The van der Waals surface area contributed by atoms with Crippen molar-refractivity contribution < 1.29 is 4.79 Å². The van der Waals surface area contributed by atoms with Crippen LogP contribution in [0.25, 0.3) is 0 Å². The Kier molecular flexibility index (Phi) is 2.60. The Morgan fingerprint density at radius 3 is 2.15 bits per heavy atom. The van der Waals surface area contributed by atoms with E-state index in [4.69, 9.17) is 0 Å². The van der Waals surface area contributed by atoms with Crippen LogP contribution < -0.4 is 0 Å². The number of rotatable bonds is 2. The van der Waals surface area contributed by atoms with E-state index in [1.807, 2.05) is 19.9 Å². The van der Waals surface area contributed by atoms with Gasteiger partial charge in [0.2, 0.25) is 0 Å². The number of carbonyl (C=O) groups excluding carboxylic acids is 1. The summed E-state index contributed by atoms with van der Waals surface area (Å²) in [6.07, 6.45) is 0. The molecule has 0 aromatic carbocycles. The van der Waals surface area contributed by atoms with Crippen LogP contribution in [0, 0.1) is 13.8 Å². The molecule has 0 aliphatic heterocycles. The van der Waals surface area contributed by atoms with Gasteiger partial charge in [0.05, 0.1) is 0 Å². The van der Waals surface area contributed by atoms with E-state index in [9.17, 15) is 4.79 Å². The van der Waals surface area contributed by atoms with Gasteiger partial charge in [0.1, 0.15) is 0 Å². The lowest BCUT2D eigenvalue weighted by atomic mass is 10.2. The minimum atomic E-state index is 0.153. The van der Waals surface area contributed by atoms with Crippen molar-refractivity contribution in [3.05, 3.63) is 23.0 Å². The van der Waals surface area contributed by atoms with Crippen LogP contribution in [0.1, 0.15) is 48.6 Å². The smallest absolute Gasteiger partial charge is 0.161 e. The normalized spacial score (nSPS) is 10.9. The minimum Gasteiger partial charge on any atom is -0.346 e. The first kappa shape index (κ1) is 10.0. The lowest BCUT2D eigenvalue weighted by Crippen LogP contribution is -2.05. The van der Waals surface area contributed by atoms with E-state index in [0.717, 1.165) is 17.0 Å². The molecule has 2 nitrogen and oxygen atoms in total. The van der Waals surface area contributed by atoms with Gasteiger partial charge in [-0.3, -0.25) is 4.79 Å². The van der Waals surface area contributed by atoms with E-state index in [-0.39, 0.29) is 5.78 Å². The van der Waals surface area contributed by atoms with Crippen molar-refractivity contribution in [1.82, 2.24) is 4.57 Å². The lowest BCUT2D eigenvalue weighted by Gasteiger charge is -2.13. The second-order valence-corrected chi connectivity index (χ2v) is 3.80. The number of ketones is 1. The fourth-order valence-electron chi connectivity index (χ4n) is 1.93. The number of aryl methyl sites for hydroxylation is 1. The Labute approximate surface area is 79.6 Å². The molecule has 1 rings (SSSR count). The molecule has 0 bridgehead atoms. The van der Waals surface area contributed by atoms with Gasteiger partial charge in [-0.15, -0.1) is 0 Å². The van der Waals surface area contributed by atoms with Crippen molar-refractivity contribution in [2.45, 2.75) is 40.7 Å². The topological polar surface area (TPSA) is 22.0 Å². The van der Waals surface area contributed by atoms with E-state index < -0.39 is 0 Å². The molecule has 0 aliphatic carbocycles. The molecule has 2 heteroatoms. The minimum absolute atomic E-state index is 0.153. The van der Waals surface area contributed by atoms with Crippen LogP contribution in [0.15, 0.2) is 6.07 Å². The quantitative estimate of drug-likeness (QED) is 0.640. The summed E-state index contributed by atoms with van der Waals surface area (Å²) in [5.74, 6) is 0.153. The Bertz CT molecular complexity index is 334. The molecule has 0 saturated carbocycles. The van der Waals surface area contributed by atoms with Gasteiger partial charge in [-0.05, 0) is 40.7 Å². The fourth-order valence-corrected chi connectivity index (χ4v) is 1.93. The maximum absolute atomic E-state index is 11.2. The first-order valence-electron chi connectivity index (χ1n) is 4.64. The summed E-state index contributed by atoms with van der Waals surface area (Å²) in [7, 11) is 0. The Balaban J connectivity index is 3.30. The Morgan fingerprint density at radius 2 is 1.92 bits per heavy atom. The highest BCUT2D eigenvalue weighted by Gasteiger charge is 2.13. The number of carbonyl (C=O) groups is 1. The van der Waals surface area contributed by atoms with E-state index in [1.165, 1.54) is 0 Å². The second kappa shape index (κ2) is 3.36. The predicted octanol–water partition coefficient (Wildman–Crippen LogP) is 2.89. The summed E-state index contributed by atoms with van der Waals surface area (Å²) < 4.78 is 2.19. The molecule has 1 heterocycles. The second-order valence-electron chi connectivity index (χ2n) is 3.80. The van der Waals surface area contributed by atoms with Crippen LogP contribution in [-0.2, 0) is 0 Å². The molecule has 0 atom stereocenters. The molecule has 0 saturated heterocycles. The van der Waals surface area contributed by atoms with E-state index in [0.29, 0.717) is 6.04 Å². The molecule has 13 heavy (non-hydrogen) atoms. The van der Waals surface area contributed by atoms with Gasteiger partial charge in [-0.2, -0.15) is 0 Å². The van der Waals surface area contributed by atoms with Crippen LogP contribution in [-0.4, -0.2) is 10.4 Å². The van der Waals surface area contributed by atoms with Crippen molar-refractivity contribution in [3.8, 4) is 0 Å². The first-order chi connectivity index (χ1) is 5.95. The third-order valence-electron chi connectivity index (χ3n) is 2.38. The highest BCUT2D eigenvalue weighted by atomic mass is 16.1. The molecule has 0 aliphatic rings. The van der Waals surface area contributed by atoms with Crippen LogP contribution in [0.2, 0.25) is 0 Å². The van der Waals surface area contributed by atoms with Crippen molar-refractivity contribution >= 4 is 5.78 Å². The lowest BCUT2D eigenvalue weighted by molar-refractivity contribution is 0.101. The molecule has 0 N–H and O–H groups in total. The molecule has 72 valence electrons. The third-order valence-corrected chi connectivity index (χ3v) is 2.38. The summed E-state index contributed by atoms with van der Waals surface area (Å²) >= 11 is 0. The van der Waals surface area contributed by atoms with Gasteiger partial charge >= 0.3 is 0 Å². The summed E-state index contributed by atoms with van der Waals surface area (Å²) in [5.41, 5.74) is 3.10. The predicted molar refractivity (Wildman–Crippen MR) is 54.3 cm³/mol. The zero-order valence-corrected chi connectivity index (χ0v) is 9.01. The molecule has 1 aromatic rings. The summed E-state index contributed by atoms with van der Waals surface area (Å²) in [4.78, 5) is 11.2. The zero-order valence-electron chi connectivity index (χ0n) is 9.01. The molecule has 0 fully saturated rings. The maximum Gasteiger partial charge on any atom is 0.161 e. The van der Waals surface area contributed by atoms with Crippen molar-refractivity contribution in [1.29, 1.82) is 0 Å². The summed E-state index contributed by atoms with van der Waals surface area (Å²) in [6.45, 7) is 9.92. The van der Waals surface area contributed by atoms with Crippen LogP contribution in [0.5, 0.6) is 0 Å². The number of nitrogens with zero attached hydrogens (tertiary/aromatic N) is 1. The van der Waals surface area contributed by atoms with Crippen molar-refractivity contribution in [3.63, 3.8) is 0 Å². The average molecular weight is 179 g/mol. The van der Waals surface area contributed by atoms with Crippen LogP contribution >= 0.6 is 0 Å². The highest BCUT2D eigenvalue weighted by Crippen LogP contribution is 2.20. The highest BCUT2D eigenvalue weighted by molar-refractivity contribution is 5.95. The maximum atomic E-state index is 11.2. The Hall–Kier alpha value is -1.05. The van der Waals surface area contributed by atoms with Gasteiger partial charge in [-0.25, -0.2) is 0 Å². The molecular formula is C11H17NO. The van der Waals surface area contributed by atoms with Gasteiger partial charge < -0.3 is 4.57 Å². The fraction of sp³-hybridized carbons (Fsp3) is 0.545. The third kappa shape index (κ3) is 1.67. The number of hydrogen-bond acceptors (Lipinski definition) is 1. The van der Waals surface area contributed by atoms with Crippen molar-refractivity contribution in [2.75, 3.05) is 0 Å². The van der Waals surface area contributed by atoms with Gasteiger partial charge in [0.15, 0.2) is 5.78 Å². The standard InChI is InChI=1S/C11H17NO/c1-7(2)12-8(3)6-11(9(12)4)10(5)13/h6-7H,1-5H3. The molecule has 0 radical (unpaired) electrons. The first-order valence-corrected chi connectivity index (χ1v) is 4.64. The number of Topliss-reactive ketones (excluding diaryl/α,β-unsaturated/α-hetero) is 1. The van der Waals surface area contributed by atoms with Crippen molar-refractivity contribution in [2.24, 2.45) is 0 Å². The zero-order chi connectivity index (χ0) is 10.2. The Morgan fingerprint density at radius 1 is 1.38 bits per heavy atom. The van der Waals surface area contributed by atoms with E-state index in [1.54, 1.807) is 6.92 Å². The molecule has 0 amide bonds. The van der Waals surface area contributed by atoms with Gasteiger partial charge in [0.25, 0.3) is 0 Å². The molecule has 0 spiro atoms. The van der Waals surface area contributed by atoms with Crippen LogP contribution in [0.3, 0.4) is 0 Å². The van der Waals surface area contributed by atoms with E-state index >= 15 is 0 Å². The average Bonchev–Trinajstić information content (AvgIpc) is 2.26. The molecule has 1 aromatic heterocycles. The molecule has 0 unspecified atom stereocenters. The summed E-state index contributed by atoms with van der Waals surface area (Å²) in [6, 6.07) is 2.39. The van der Waals surface area contributed by atoms with Gasteiger partial charge in [0, 0.05) is 23.0 Å². The largest absolute Gasteiger partial charge is 0.346 e. The van der Waals surface area contributed by atoms with Crippen LogP contribution in [0.4, 0.5) is 0 Å². The molecular weight excluding hydrogens is 162 g/mol. The SMILES string of the molecule is CC(=O)c1cc(C)n(C(C)C)c1C. The number of hydrogen-bond donors (Lipinski definition) is 0. The monoisotopic (exact) mass is 179 g/mol. The van der Waals surface area contributed by atoms with E-state index in [2.05, 4.69) is 18.4 Å². The van der Waals surface area contributed by atoms with Gasteiger partial charge in [-0.1, -0.05) is 0 Å². The summed E-state index contributed by atoms with van der Waals surface area (Å²) in [5, 5.41) is 0. The number of aromatic nitrogens is 1.